The molecule has 3 aromatic rings. The van der Waals surface area contributed by atoms with Crippen LogP contribution in [0.5, 0.6) is 0 Å². The molecule has 4 rings (SSSR count). The fourth-order valence-electron chi connectivity index (χ4n) is 3.81. The Morgan fingerprint density at radius 2 is 1.81 bits per heavy atom. The predicted octanol–water partition coefficient (Wildman–Crippen LogP) is 5.11. The highest BCUT2D eigenvalue weighted by atomic mass is 32.2. The van der Waals surface area contributed by atoms with Gasteiger partial charge >= 0.3 is 6.03 Å². The molecule has 164 valence electrons. The van der Waals surface area contributed by atoms with E-state index in [1.807, 2.05) is 50.2 Å². The van der Waals surface area contributed by atoms with Crippen LogP contribution in [0.3, 0.4) is 0 Å². The highest BCUT2D eigenvalue weighted by Gasteiger charge is 2.26. The van der Waals surface area contributed by atoms with Gasteiger partial charge < -0.3 is 10.2 Å². The number of benzene rings is 2. The highest BCUT2D eigenvalue weighted by Crippen LogP contribution is 2.36. The minimum absolute atomic E-state index is 0.0641. The first-order valence-corrected chi connectivity index (χ1v) is 11.5. The summed E-state index contributed by atoms with van der Waals surface area (Å²) >= 11 is 1.68. The number of pyridine rings is 1. The number of fused-ring (bicyclic) bond motifs is 1. The largest absolute Gasteiger partial charge is 0.337 e. The van der Waals surface area contributed by atoms with Crippen LogP contribution in [0.4, 0.5) is 16.2 Å². The third-order valence-corrected chi connectivity index (χ3v) is 6.29. The van der Waals surface area contributed by atoms with E-state index in [9.17, 15) is 9.59 Å². The molecule has 2 heterocycles. The van der Waals surface area contributed by atoms with Crippen LogP contribution in [0.2, 0.25) is 0 Å². The molecule has 0 saturated carbocycles. The van der Waals surface area contributed by atoms with Crippen molar-refractivity contribution in [1.29, 1.82) is 0 Å². The van der Waals surface area contributed by atoms with Gasteiger partial charge in [0.15, 0.2) is 0 Å². The average Bonchev–Trinajstić information content (AvgIpc) is 2.79. The lowest BCUT2D eigenvalue weighted by Gasteiger charge is -2.30. The van der Waals surface area contributed by atoms with Crippen molar-refractivity contribution in [3.63, 3.8) is 0 Å². The molecule has 0 unspecified atom stereocenters. The molecular weight excluding hydrogens is 420 g/mol. The van der Waals surface area contributed by atoms with Crippen LogP contribution in [0.25, 0.3) is 0 Å². The predicted molar refractivity (Wildman–Crippen MR) is 129 cm³/mol. The van der Waals surface area contributed by atoms with E-state index in [1.54, 1.807) is 52.9 Å². The van der Waals surface area contributed by atoms with E-state index >= 15 is 0 Å². The molecule has 0 spiro atoms. The van der Waals surface area contributed by atoms with E-state index in [2.05, 4.69) is 10.3 Å². The number of hydrogen-bond acceptors (Lipinski definition) is 4. The van der Waals surface area contributed by atoms with Crippen molar-refractivity contribution >= 4 is 35.1 Å². The number of carbonyl (C=O) groups excluding carboxylic acids is 2. The van der Waals surface area contributed by atoms with Crippen molar-refractivity contribution < 1.29 is 9.59 Å². The normalized spacial score (nSPS) is 12.8. The summed E-state index contributed by atoms with van der Waals surface area (Å²) in [5.41, 5.74) is 5.17. The average molecular weight is 447 g/mol. The van der Waals surface area contributed by atoms with Crippen LogP contribution in [0.15, 0.2) is 65.7 Å². The quantitative estimate of drug-likeness (QED) is 0.604. The zero-order chi connectivity index (χ0) is 22.7. The number of thioether (sulfide) groups is 1. The maximum absolute atomic E-state index is 13.0. The van der Waals surface area contributed by atoms with Crippen molar-refractivity contribution in [2.24, 2.45) is 0 Å². The number of urea groups is 1. The smallest absolute Gasteiger partial charge is 0.326 e. The second kappa shape index (κ2) is 9.44. The number of anilines is 2. The van der Waals surface area contributed by atoms with Gasteiger partial charge in [0.1, 0.15) is 5.03 Å². The SMILES string of the molecule is Cc1cc(C)c2c(n1)SCCN2C(=O)Nc1ccc(C(=O)N(C)Cc2ccccc2)cc1. The molecule has 2 aromatic carbocycles. The van der Waals surface area contributed by atoms with Crippen molar-refractivity contribution in [3.8, 4) is 0 Å². The minimum Gasteiger partial charge on any atom is -0.337 e. The summed E-state index contributed by atoms with van der Waals surface area (Å²) in [6.07, 6.45) is 0. The first kappa shape index (κ1) is 21.9. The topological polar surface area (TPSA) is 65.5 Å². The molecule has 0 fully saturated rings. The van der Waals surface area contributed by atoms with E-state index in [0.717, 1.165) is 33.3 Å². The molecule has 1 aromatic heterocycles. The first-order valence-electron chi connectivity index (χ1n) is 10.5. The van der Waals surface area contributed by atoms with E-state index in [4.69, 9.17) is 0 Å². The number of nitrogens with one attached hydrogen (secondary N) is 1. The minimum atomic E-state index is -0.194. The Bertz CT molecular complexity index is 1130. The molecule has 3 amide bonds. The molecule has 1 aliphatic rings. The molecule has 1 N–H and O–H groups in total. The molecular formula is C25H26N4O2S. The standard InChI is InChI=1S/C25H26N4O2S/c1-17-15-18(2)26-23-22(17)29(13-14-32-23)25(31)27-21-11-9-20(10-12-21)24(30)28(3)16-19-7-5-4-6-8-19/h4-12,15H,13-14,16H2,1-3H3,(H,27,31). The Morgan fingerprint density at radius 1 is 1.09 bits per heavy atom. The van der Waals surface area contributed by atoms with Crippen LogP contribution in [0.1, 0.15) is 27.2 Å². The molecule has 0 bridgehead atoms. The van der Waals surface area contributed by atoms with Crippen LogP contribution in [-0.4, -0.2) is 41.2 Å². The van der Waals surface area contributed by atoms with Gasteiger partial charge in [-0.05, 0) is 55.3 Å². The third-order valence-electron chi connectivity index (χ3n) is 5.34. The number of nitrogens with zero attached hydrogens (tertiary/aromatic N) is 3. The maximum Gasteiger partial charge on any atom is 0.326 e. The third kappa shape index (κ3) is 4.78. The lowest BCUT2D eigenvalue weighted by molar-refractivity contribution is 0.0785. The van der Waals surface area contributed by atoms with Gasteiger partial charge in [-0.25, -0.2) is 9.78 Å². The molecule has 0 radical (unpaired) electrons. The van der Waals surface area contributed by atoms with E-state index < -0.39 is 0 Å². The summed E-state index contributed by atoms with van der Waals surface area (Å²) in [5, 5.41) is 3.85. The highest BCUT2D eigenvalue weighted by molar-refractivity contribution is 7.99. The van der Waals surface area contributed by atoms with Gasteiger partial charge in [-0.1, -0.05) is 30.3 Å². The molecule has 0 atom stereocenters. The van der Waals surface area contributed by atoms with Crippen molar-refractivity contribution in [2.75, 3.05) is 29.6 Å². The van der Waals surface area contributed by atoms with E-state index in [1.165, 1.54) is 0 Å². The molecule has 0 saturated heterocycles. The number of aromatic nitrogens is 1. The molecule has 7 heteroatoms. The molecule has 0 aliphatic carbocycles. The monoisotopic (exact) mass is 446 g/mol. The van der Waals surface area contributed by atoms with Crippen LogP contribution < -0.4 is 10.2 Å². The lowest BCUT2D eigenvalue weighted by Crippen LogP contribution is -2.39. The molecule has 32 heavy (non-hydrogen) atoms. The Labute approximate surface area is 192 Å². The fourth-order valence-corrected chi connectivity index (χ4v) is 4.89. The number of carbonyl (C=O) groups is 2. The van der Waals surface area contributed by atoms with Gasteiger partial charge in [0.05, 0.1) is 5.69 Å². The van der Waals surface area contributed by atoms with Crippen molar-refractivity contribution in [2.45, 2.75) is 25.4 Å². The zero-order valence-electron chi connectivity index (χ0n) is 18.5. The van der Waals surface area contributed by atoms with Crippen molar-refractivity contribution in [1.82, 2.24) is 9.88 Å². The summed E-state index contributed by atoms with van der Waals surface area (Å²) in [7, 11) is 1.79. The van der Waals surface area contributed by atoms with E-state index in [-0.39, 0.29) is 11.9 Å². The zero-order valence-corrected chi connectivity index (χ0v) is 19.3. The van der Waals surface area contributed by atoms with Gasteiger partial charge in [0.2, 0.25) is 0 Å². The summed E-state index contributed by atoms with van der Waals surface area (Å²) in [6, 6.07) is 18.7. The van der Waals surface area contributed by atoms with Crippen LogP contribution >= 0.6 is 11.8 Å². The Hall–Kier alpha value is -3.32. The number of aryl methyl sites for hydroxylation is 2. The molecule has 1 aliphatic heterocycles. The Kier molecular flexibility index (Phi) is 6.46. The number of rotatable bonds is 4. The van der Waals surface area contributed by atoms with Gasteiger partial charge in [-0.2, -0.15) is 0 Å². The number of amides is 3. The number of hydrogen-bond donors (Lipinski definition) is 1. The van der Waals surface area contributed by atoms with Crippen molar-refractivity contribution in [3.05, 3.63) is 83.0 Å². The van der Waals surface area contributed by atoms with E-state index in [0.29, 0.717) is 24.3 Å². The van der Waals surface area contributed by atoms with Gasteiger partial charge in [0, 0.05) is 42.8 Å². The summed E-state index contributed by atoms with van der Waals surface area (Å²) in [4.78, 5) is 33.8. The second-order valence-electron chi connectivity index (χ2n) is 7.89. The second-order valence-corrected chi connectivity index (χ2v) is 8.97. The fraction of sp³-hybridized carbons (Fsp3) is 0.240. The summed E-state index contributed by atoms with van der Waals surface area (Å²) in [5.74, 6) is 0.739. The lowest BCUT2D eigenvalue weighted by atomic mass is 10.1. The Balaban J connectivity index is 1.43. The molecule has 6 nitrogen and oxygen atoms in total. The summed E-state index contributed by atoms with van der Waals surface area (Å²) in [6.45, 7) is 5.13. The first-order chi connectivity index (χ1) is 15.4. The van der Waals surface area contributed by atoms with Crippen LogP contribution in [0, 0.1) is 13.8 Å². The van der Waals surface area contributed by atoms with Gasteiger partial charge in [-0.15, -0.1) is 11.8 Å². The van der Waals surface area contributed by atoms with Crippen LogP contribution in [-0.2, 0) is 6.54 Å². The summed E-state index contributed by atoms with van der Waals surface area (Å²) < 4.78 is 0. The maximum atomic E-state index is 13.0. The Morgan fingerprint density at radius 3 is 2.53 bits per heavy atom. The van der Waals surface area contributed by atoms with Gasteiger partial charge in [-0.3, -0.25) is 9.69 Å². The van der Waals surface area contributed by atoms with Gasteiger partial charge in [0.25, 0.3) is 5.91 Å².